The average Bonchev–Trinajstić information content (AvgIpc) is 2.45. The summed E-state index contributed by atoms with van der Waals surface area (Å²) in [5.41, 5.74) is 0.469. The van der Waals surface area contributed by atoms with Crippen LogP contribution in [0.25, 0.3) is 0 Å². The van der Waals surface area contributed by atoms with Gasteiger partial charge in [0.15, 0.2) is 0 Å². The van der Waals surface area contributed by atoms with Gasteiger partial charge in [0.1, 0.15) is 0 Å². The van der Waals surface area contributed by atoms with E-state index in [4.69, 9.17) is 0 Å². The van der Waals surface area contributed by atoms with Gasteiger partial charge in [-0.1, -0.05) is 20.8 Å². The van der Waals surface area contributed by atoms with Crippen LogP contribution in [-0.2, 0) is 0 Å². The fourth-order valence-corrected chi connectivity index (χ4v) is 3.07. The Bertz CT molecular complexity index is 166. The normalized spacial score (nSPS) is 28.3. The van der Waals surface area contributed by atoms with Gasteiger partial charge in [0.05, 0.1) is 0 Å². The molecule has 0 aliphatic carbocycles. The molecule has 1 unspecified atom stereocenters. The summed E-state index contributed by atoms with van der Waals surface area (Å²) in [6, 6.07) is 0. The van der Waals surface area contributed by atoms with E-state index in [1.807, 2.05) is 0 Å². The summed E-state index contributed by atoms with van der Waals surface area (Å²) in [6.07, 6.45) is 4.07. The van der Waals surface area contributed by atoms with Crippen molar-refractivity contribution >= 4 is 11.8 Å². The molecule has 1 nitrogen and oxygen atoms in total. The van der Waals surface area contributed by atoms with Crippen molar-refractivity contribution in [2.75, 3.05) is 18.8 Å². The van der Waals surface area contributed by atoms with Gasteiger partial charge in [0.25, 0.3) is 0 Å². The highest BCUT2D eigenvalue weighted by atomic mass is 32.2. The summed E-state index contributed by atoms with van der Waals surface area (Å²) in [5, 5.41) is 3.60. The van der Waals surface area contributed by atoms with E-state index in [-0.39, 0.29) is 0 Å². The Morgan fingerprint density at radius 2 is 2.07 bits per heavy atom. The molecule has 1 rings (SSSR count). The zero-order valence-corrected chi connectivity index (χ0v) is 11.0. The molecule has 1 heterocycles. The predicted molar refractivity (Wildman–Crippen MR) is 67.0 cm³/mol. The van der Waals surface area contributed by atoms with E-state index in [0.717, 1.165) is 0 Å². The fraction of sp³-hybridized carbons (Fsp3) is 1.00. The summed E-state index contributed by atoms with van der Waals surface area (Å²) in [5.74, 6) is 1.36. The smallest absolute Gasteiger partial charge is 0.0256 e. The second-order valence-electron chi connectivity index (χ2n) is 5.89. The first-order chi connectivity index (χ1) is 6.41. The quantitative estimate of drug-likeness (QED) is 0.722. The molecule has 0 saturated carbocycles. The Morgan fingerprint density at radius 1 is 1.36 bits per heavy atom. The third kappa shape index (κ3) is 4.70. The van der Waals surface area contributed by atoms with Crippen molar-refractivity contribution in [3.63, 3.8) is 0 Å². The molecule has 1 saturated heterocycles. The fourth-order valence-electron chi connectivity index (χ4n) is 1.79. The van der Waals surface area contributed by atoms with Crippen molar-refractivity contribution in [1.82, 2.24) is 5.32 Å². The van der Waals surface area contributed by atoms with Crippen LogP contribution in [0.5, 0.6) is 0 Å². The molecule has 1 atom stereocenters. The highest BCUT2D eigenvalue weighted by Gasteiger charge is 2.28. The minimum absolute atomic E-state index is 0.469. The summed E-state index contributed by atoms with van der Waals surface area (Å²) in [7, 11) is 0. The van der Waals surface area contributed by atoms with Crippen molar-refractivity contribution in [2.24, 2.45) is 5.41 Å². The molecule has 1 N–H and O–H groups in total. The van der Waals surface area contributed by atoms with Gasteiger partial charge < -0.3 is 5.32 Å². The van der Waals surface area contributed by atoms with Crippen molar-refractivity contribution in [2.45, 2.75) is 51.7 Å². The van der Waals surface area contributed by atoms with Crippen LogP contribution in [0, 0.1) is 5.41 Å². The van der Waals surface area contributed by atoms with Crippen LogP contribution < -0.4 is 5.32 Å². The molecule has 1 fully saturated rings. The van der Waals surface area contributed by atoms with E-state index in [1.165, 1.54) is 38.1 Å². The summed E-state index contributed by atoms with van der Waals surface area (Å²) >= 11 is 2.14. The van der Waals surface area contributed by atoms with Crippen LogP contribution in [-0.4, -0.2) is 23.6 Å². The van der Waals surface area contributed by atoms with Crippen LogP contribution in [0.15, 0.2) is 0 Å². The number of nitrogens with one attached hydrogen (secondary N) is 1. The molecule has 2 heteroatoms. The number of thioether (sulfide) groups is 1. The van der Waals surface area contributed by atoms with Crippen molar-refractivity contribution in [1.29, 1.82) is 0 Å². The Labute approximate surface area is 93.4 Å². The second kappa shape index (κ2) is 4.89. The second-order valence-corrected chi connectivity index (χ2v) is 7.57. The molecular formula is C12H25NS. The van der Waals surface area contributed by atoms with E-state index in [2.05, 4.69) is 44.8 Å². The number of hydrogen-bond acceptors (Lipinski definition) is 2. The first kappa shape index (κ1) is 12.4. The molecule has 0 aromatic rings. The molecule has 1 aliphatic heterocycles. The van der Waals surface area contributed by atoms with E-state index >= 15 is 0 Å². The average molecular weight is 215 g/mol. The molecular weight excluding hydrogens is 190 g/mol. The lowest BCUT2D eigenvalue weighted by Crippen LogP contribution is -2.34. The topological polar surface area (TPSA) is 12.0 Å². The third-order valence-corrected chi connectivity index (χ3v) is 4.39. The maximum absolute atomic E-state index is 3.60. The highest BCUT2D eigenvalue weighted by Crippen LogP contribution is 2.36. The molecule has 0 spiro atoms. The van der Waals surface area contributed by atoms with Crippen molar-refractivity contribution in [3.05, 3.63) is 0 Å². The minimum Gasteiger partial charge on any atom is -0.315 e. The summed E-state index contributed by atoms with van der Waals surface area (Å²) < 4.78 is 0.526. The molecule has 0 aromatic heterocycles. The molecule has 0 aromatic carbocycles. The molecule has 0 bridgehead atoms. The van der Waals surface area contributed by atoms with Gasteiger partial charge in [-0.15, -0.1) is 0 Å². The van der Waals surface area contributed by atoms with Gasteiger partial charge in [-0.2, -0.15) is 11.8 Å². The monoisotopic (exact) mass is 215 g/mol. The zero-order chi connectivity index (χ0) is 10.7. The lowest BCUT2D eigenvalue weighted by atomic mass is 9.92. The van der Waals surface area contributed by atoms with Gasteiger partial charge in [-0.25, -0.2) is 0 Å². The summed E-state index contributed by atoms with van der Waals surface area (Å²) in [6.45, 7) is 11.7. The zero-order valence-electron chi connectivity index (χ0n) is 10.2. The van der Waals surface area contributed by atoms with Gasteiger partial charge in [-0.05, 0) is 43.9 Å². The Balaban J connectivity index is 2.09. The Morgan fingerprint density at radius 3 is 2.57 bits per heavy atom. The number of hydrogen-bond donors (Lipinski definition) is 1. The maximum Gasteiger partial charge on any atom is 0.0256 e. The lowest BCUT2D eigenvalue weighted by molar-refractivity contribution is 0.362. The van der Waals surface area contributed by atoms with Gasteiger partial charge in [-0.3, -0.25) is 0 Å². The van der Waals surface area contributed by atoms with Crippen LogP contribution in [0.3, 0.4) is 0 Å². The van der Waals surface area contributed by atoms with Crippen LogP contribution in [0.2, 0.25) is 0 Å². The Kier molecular flexibility index (Phi) is 4.32. The minimum atomic E-state index is 0.469. The SMILES string of the molecule is CC(C)(C)CCNCC1(C)CCCS1. The van der Waals surface area contributed by atoms with E-state index in [1.54, 1.807) is 0 Å². The Hall–Kier alpha value is 0.310. The van der Waals surface area contributed by atoms with Gasteiger partial charge >= 0.3 is 0 Å². The van der Waals surface area contributed by atoms with Crippen LogP contribution >= 0.6 is 11.8 Å². The molecule has 0 amide bonds. The van der Waals surface area contributed by atoms with Gasteiger partial charge in [0, 0.05) is 11.3 Å². The van der Waals surface area contributed by atoms with Gasteiger partial charge in [0.2, 0.25) is 0 Å². The molecule has 0 radical (unpaired) electrons. The third-order valence-electron chi connectivity index (χ3n) is 2.85. The van der Waals surface area contributed by atoms with E-state index < -0.39 is 0 Å². The molecule has 84 valence electrons. The van der Waals surface area contributed by atoms with E-state index in [9.17, 15) is 0 Å². The lowest BCUT2D eigenvalue weighted by Gasteiger charge is -2.24. The first-order valence-electron chi connectivity index (χ1n) is 5.76. The predicted octanol–water partition coefficient (Wildman–Crippen LogP) is 3.30. The number of rotatable bonds is 4. The molecule has 14 heavy (non-hydrogen) atoms. The largest absolute Gasteiger partial charge is 0.315 e. The van der Waals surface area contributed by atoms with E-state index in [0.29, 0.717) is 10.2 Å². The highest BCUT2D eigenvalue weighted by molar-refractivity contribution is 8.00. The summed E-state index contributed by atoms with van der Waals surface area (Å²) in [4.78, 5) is 0. The van der Waals surface area contributed by atoms with Crippen LogP contribution in [0.4, 0.5) is 0 Å². The maximum atomic E-state index is 3.60. The molecule has 1 aliphatic rings. The first-order valence-corrected chi connectivity index (χ1v) is 6.75. The standard InChI is InChI=1S/C12H25NS/c1-11(2,3)7-8-13-10-12(4)6-5-9-14-12/h13H,5-10H2,1-4H3. The van der Waals surface area contributed by atoms with Crippen molar-refractivity contribution in [3.8, 4) is 0 Å². The van der Waals surface area contributed by atoms with Crippen molar-refractivity contribution < 1.29 is 0 Å². The van der Waals surface area contributed by atoms with Crippen LogP contribution in [0.1, 0.15) is 47.0 Å².